The second-order valence-electron chi connectivity index (χ2n) is 7.25. The summed E-state index contributed by atoms with van der Waals surface area (Å²) in [6.45, 7) is 0.726. The van der Waals surface area contributed by atoms with E-state index in [0.717, 1.165) is 67.2 Å². The molecule has 0 radical (unpaired) electrons. The zero-order valence-corrected chi connectivity index (χ0v) is 14.5. The topological polar surface area (TPSA) is 56.8 Å². The van der Waals surface area contributed by atoms with Crippen molar-refractivity contribution in [3.05, 3.63) is 47.5 Å². The minimum absolute atomic E-state index is 0.0432. The molecule has 5 heteroatoms. The molecule has 3 aliphatic rings. The highest BCUT2D eigenvalue weighted by Gasteiger charge is 2.44. The molecule has 1 aliphatic carbocycles. The summed E-state index contributed by atoms with van der Waals surface area (Å²) in [5.41, 5.74) is 2.91. The number of rotatable bonds is 3. The first-order valence-electron chi connectivity index (χ1n) is 9.26. The molecule has 1 N–H and O–H groups in total. The molecule has 0 bridgehead atoms. The number of carbonyl (C=O) groups is 1. The molecule has 26 heavy (non-hydrogen) atoms. The number of hydrogen-bond acceptors (Lipinski definition) is 4. The third-order valence-electron chi connectivity index (χ3n) is 5.30. The monoisotopic (exact) mass is 351 g/mol. The molecular weight excluding hydrogens is 330 g/mol. The lowest BCUT2D eigenvalue weighted by molar-refractivity contribution is -0.115. The van der Waals surface area contributed by atoms with Crippen molar-refractivity contribution in [2.45, 2.75) is 44.3 Å². The number of hydrogen-bond donors (Lipinski definition) is 1. The van der Waals surface area contributed by atoms with Gasteiger partial charge < -0.3 is 19.5 Å². The van der Waals surface area contributed by atoms with E-state index < -0.39 is 5.79 Å². The van der Waals surface area contributed by atoms with Crippen LogP contribution in [-0.4, -0.2) is 18.3 Å². The number of nitrogens with one attached hydrogen (secondary N) is 1. The summed E-state index contributed by atoms with van der Waals surface area (Å²) in [4.78, 5) is 12.4. The van der Waals surface area contributed by atoms with Gasteiger partial charge in [0.2, 0.25) is 5.91 Å². The summed E-state index contributed by atoms with van der Waals surface area (Å²) in [7, 11) is 0. The Morgan fingerprint density at radius 2 is 1.81 bits per heavy atom. The van der Waals surface area contributed by atoms with E-state index in [1.165, 1.54) is 5.56 Å². The fourth-order valence-electron chi connectivity index (χ4n) is 4.03. The average Bonchev–Trinajstić information content (AvgIpc) is 3.34. The van der Waals surface area contributed by atoms with E-state index in [0.29, 0.717) is 6.42 Å². The molecular formula is C21H21NO4. The number of ether oxygens (including phenoxy) is 3. The van der Waals surface area contributed by atoms with Crippen molar-refractivity contribution in [1.29, 1.82) is 0 Å². The molecule has 1 spiro atoms. The van der Waals surface area contributed by atoms with Crippen LogP contribution >= 0.6 is 0 Å². The minimum atomic E-state index is -0.475. The number of carbonyl (C=O) groups excluding carboxylic acids is 1. The molecule has 2 aromatic carbocycles. The summed E-state index contributed by atoms with van der Waals surface area (Å²) < 4.78 is 17.6. The molecule has 1 amide bonds. The van der Waals surface area contributed by atoms with Crippen molar-refractivity contribution >= 4 is 11.6 Å². The van der Waals surface area contributed by atoms with Crippen LogP contribution in [-0.2, 0) is 17.6 Å². The Bertz CT molecular complexity index is 870. The Morgan fingerprint density at radius 3 is 2.69 bits per heavy atom. The van der Waals surface area contributed by atoms with Gasteiger partial charge in [-0.15, -0.1) is 0 Å². The first-order chi connectivity index (χ1) is 12.7. The first-order valence-corrected chi connectivity index (χ1v) is 9.26. The molecule has 5 nitrogen and oxygen atoms in total. The van der Waals surface area contributed by atoms with E-state index in [2.05, 4.69) is 11.4 Å². The van der Waals surface area contributed by atoms with Crippen LogP contribution < -0.4 is 19.5 Å². The van der Waals surface area contributed by atoms with Gasteiger partial charge in [0.1, 0.15) is 5.75 Å². The second kappa shape index (κ2) is 5.94. The first kappa shape index (κ1) is 15.6. The third kappa shape index (κ3) is 2.77. The van der Waals surface area contributed by atoms with Crippen molar-refractivity contribution in [3.63, 3.8) is 0 Å². The second-order valence-corrected chi connectivity index (χ2v) is 7.25. The normalized spacial score (nSPS) is 18.6. The molecule has 5 rings (SSSR count). The van der Waals surface area contributed by atoms with Gasteiger partial charge >= 0.3 is 0 Å². The molecule has 1 saturated carbocycles. The van der Waals surface area contributed by atoms with Gasteiger partial charge in [-0.3, -0.25) is 4.79 Å². The van der Waals surface area contributed by atoms with Crippen LogP contribution in [0.1, 0.15) is 36.8 Å². The maximum atomic E-state index is 12.4. The number of benzene rings is 2. The maximum absolute atomic E-state index is 12.4. The Balaban J connectivity index is 1.26. The largest absolute Gasteiger partial charge is 0.493 e. The standard InChI is InChI=1S/C21H21NO4/c23-20(12-14-3-5-17-15(11-14)7-10-24-17)22-16-4-6-18-19(13-16)26-21(25-18)8-1-2-9-21/h3-6,11,13H,1-2,7-10,12H2,(H,22,23). The summed E-state index contributed by atoms with van der Waals surface area (Å²) in [5.74, 6) is 1.91. The van der Waals surface area contributed by atoms with Gasteiger partial charge in [-0.2, -0.15) is 0 Å². The SMILES string of the molecule is O=C(Cc1ccc2c(c1)CCO2)Nc1ccc2c(c1)OC1(CCCC1)O2. The highest BCUT2D eigenvalue weighted by atomic mass is 16.7. The van der Waals surface area contributed by atoms with Crippen LogP contribution in [0.25, 0.3) is 0 Å². The van der Waals surface area contributed by atoms with Crippen LogP contribution in [0.5, 0.6) is 17.2 Å². The zero-order valence-electron chi connectivity index (χ0n) is 14.5. The molecule has 2 heterocycles. The van der Waals surface area contributed by atoms with E-state index in [1.54, 1.807) is 0 Å². The van der Waals surface area contributed by atoms with E-state index >= 15 is 0 Å². The molecule has 2 aliphatic heterocycles. The van der Waals surface area contributed by atoms with Gasteiger partial charge in [-0.25, -0.2) is 0 Å². The molecule has 1 fully saturated rings. The van der Waals surface area contributed by atoms with Crippen molar-refractivity contribution in [3.8, 4) is 17.2 Å². The van der Waals surface area contributed by atoms with E-state index in [9.17, 15) is 4.79 Å². The molecule has 0 unspecified atom stereocenters. The quantitative estimate of drug-likeness (QED) is 0.913. The lowest BCUT2D eigenvalue weighted by atomic mass is 10.1. The van der Waals surface area contributed by atoms with Gasteiger partial charge in [0, 0.05) is 31.0 Å². The van der Waals surface area contributed by atoms with E-state index in [-0.39, 0.29) is 5.91 Å². The van der Waals surface area contributed by atoms with Gasteiger partial charge in [-0.05, 0) is 42.2 Å². The summed E-state index contributed by atoms with van der Waals surface area (Å²) in [5, 5.41) is 2.96. The molecule has 134 valence electrons. The number of amides is 1. The third-order valence-corrected chi connectivity index (χ3v) is 5.30. The maximum Gasteiger partial charge on any atom is 0.251 e. The van der Waals surface area contributed by atoms with Gasteiger partial charge in [0.15, 0.2) is 11.5 Å². The van der Waals surface area contributed by atoms with Crippen molar-refractivity contribution in [1.82, 2.24) is 0 Å². The fraction of sp³-hybridized carbons (Fsp3) is 0.381. The predicted molar refractivity (Wildman–Crippen MR) is 96.9 cm³/mol. The van der Waals surface area contributed by atoms with Crippen molar-refractivity contribution in [2.24, 2.45) is 0 Å². The van der Waals surface area contributed by atoms with Crippen LogP contribution in [0, 0.1) is 0 Å². The van der Waals surface area contributed by atoms with Crippen LogP contribution in [0.4, 0.5) is 5.69 Å². The molecule has 0 saturated heterocycles. The average molecular weight is 351 g/mol. The Kier molecular flexibility index (Phi) is 3.55. The highest BCUT2D eigenvalue weighted by molar-refractivity contribution is 5.92. The smallest absolute Gasteiger partial charge is 0.251 e. The highest BCUT2D eigenvalue weighted by Crippen LogP contribution is 2.47. The fourth-order valence-corrected chi connectivity index (χ4v) is 4.03. The van der Waals surface area contributed by atoms with Gasteiger partial charge in [0.25, 0.3) is 5.79 Å². The molecule has 0 aromatic heterocycles. The minimum Gasteiger partial charge on any atom is -0.493 e. The predicted octanol–water partition coefficient (Wildman–Crippen LogP) is 3.84. The summed E-state index contributed by atoms with van der Waals surface area (Å²) >= 11 is 0. The Labute approximate surface area is 152 Å². The van der Waals surface area contributed by atoms with Crippen LogP contribution in [0.15, 0.2) is 36.4 Å². The van der Waals surface area contributed by atoms with Crippen molar-refractivity contribution < 1.29 is 19.0 Å². The van der Waals surface area contributed by atoms with Gasteiger partial charge in [0.05, 0.1) is 13.0 Å². The molecule has 2 aromatic rings. The number of fused-ring (bicyclic) bond motifs is 2. The zero-order chi connectivity index (χ0) is 17.6. The Morgan fingerprint density at radius 1 is 1.00 bits per heavy atom. The summed E-state index contributed by atoms with van der Waals surface area (Å²) in [6.07, 6.45) is 5.35. The van der Waals surface area contributed by atoms with E-state index in [1.807, 2.05) is 30.3 Å². The molecule has 0 atom stereocenters. The van der Waals surface area contributed by atoms with Crippen molar-refractivity contribution in [2.75, 3.05) is 11.9 Å². The van der Waals surface area contributed by atoms with Crippen LogP contribution in [0.2, 0.25) is 0 Å². The number of anilines is 1. The summed E-state index contributed by atoms with van der Waals surface area (Å²) in [6, 6.07) is 11.6. The van der Waals surface area contributed by atoms with Gasteiger partial charge in [-0.1, -0.05) is 12.1 Å². The lowest BCUT2D eigenvalue weighted by Gasteiger charge is -2.21. The van der Waals surface area contributed by atoms with E-state index in [4.69, 9.17) is 14.2 Å². The van der Waals surface area contributed by atoms with Crippen LogP contribution in [0.3, 0.4) is 0 Å². The lowest BCUT2D eigenvalue weighted by Crippen LogP contribution is -2.34. The Hall–Kier alpha value is -2.69.